The quantitative estimate of drug-likeness (QED) is 0.507. The molecule has 26 heavy (non-hydrogen) atoms. The Morgan fingerprint density at radius 2 is 2.15 bits per heavy atom. The second-order valence-electron chi connectivity index (χ2n) is 6.19. The van der Waals surface area contributed by atoms with Crippen LogP contribution in [0.5, 0.6) is 0 Å². The Bertz CT molecular complexity index is 1150. The molecule has 0 spiro atoms. The number of ketones is 1. The Hall–Kier alpha value is -2.93. The highest BCUT2D eigenvalue weighted by Gasteiger charge is 2.18. The fourth-order valence-corrected chi connectivity index (χ4v) is 3.85. The second-order valence-corrected chi connectivity index (χ2v) is 7.09. The number of furan rings is 1. The van der Waals surface area contributed by atoms with E-state index < -0.39 is 0 Å². The smallest absolute Gasteiger partial charge is 0.262 e. The molecule has 0 N–H and O–H groups in total. The maximum Gasteiger partial charge on any atom is 0.262 e. The van der Waals surface area contributed by atoms with Crippen LogP contribution in [0.2, 0.25) is 0 Å². The van der Waals surface area contributed by atoms with Gasteiger partial charge in [0.05, 0.1) is 31.1 Å². The van der Waals surface area contributed by atoms with Gasteiger partial charge < -0.3 is 8.98 Å². The van der Waals surface area contributed by atoms with Crippen molar-refractivity contribution in [2.24, 2.45) is 0 Å². The number of thiophene rings is 1. The predicted molar refractivity (Wildman–Crippen MR) is 99.9 cm³/mol. The zero-order valence-corrected chi connectivity index (χ0v) is 15.2. The molecule has 0 unspecified atom stereocenters. The third kappa shape index (κ3) is 2.80. The van der Waals surface area contributed by atoms with E-state index in [4.69, 9.17) is 4.42 Å². The van der Waals surface area contributed by atoms with Gasteiger partial charge in [0.1, 0.15) is 10.6 Å². The van der Waals surface area contributed by atoms with Gasteiger partial charge in [0.25, 0.3) is 5.56 Å². The van der Waals surface area contributed by atoms with Crippen molar-refractivity contribution < 1.29 is 9.21 Å². The molecule has 0 fully saturated rings. The molecule has 4 aromatic rings. The van der Waals surface area contributed by atoms with Crippen LogP contribution in [0.25, 0.3) is 10.2 Å². The first-order valence-electron chi connectivity index (χ1n) is 8.19. The summed E-state index contributed by atoms with van der Waals surface area (Å²) in [5.74, 6) is 0.719. The van der Waals surface area contributed by atoms with E-state index in [1.807, 2.05) is 42.0 Å². The van der Waals surface area contributed by atoms with Crippen molar-refractivity contribution in [3.05, 3.63) is 75.3 Å². The molecule has 0 aliphatic heterocycles. The molecule has 4 aromatic heterocycles. The summed E-state index contributed by atoms with van der Waals surface area (Å²) >= 11 is 1.41. The summed E-state index contributed by atoms with van der Waals surface area (Å²) in [4.78, 5) is 30.2. The van der Waals surface area contributed by atoms with Gasteiger partial charge in [-0.3, -0.25) is 14.2 Å². The summed E-state index contributed by atoms with van der Waals surface area (Å²) in [5, 5.41) is 2.38. The molecule has 6 nitrogen and oxygen atoms in total. The molecule has 4 heterocycles. The lowest BCUT2D eigenvalue weighted by atomic mass is 10.1. The molecule has 0 radical (unpaired) electrons. The number of fused-ring (bicyclic) bond motifs is 1. The Morgan fingerprint density at radius 1 is 1.31 bits per heavy atom. The molecule has 0 aliphatic rings. The monoisotopic (exact) mass is 367 g/mol. The molecule has 0 aromatic carbocycles. The molecule has 132 valence electrons. The fraction of sp³-hybridized carbons (Fsp3) is 0.211. The van der Waals surface area contributed by atoms with E-state index >= 15 is 0 Å². The number of aryl methyl sites for hydroxylation is 1. The summed E-state index contributed by atoms with van der Waals surface area (Å²) in [6.45, 7) is 4.41. The highest BCUT2D eigenvalue weighted by atomic mass is 32.1. The molecule has 7 heteroatoms. The lowest BCUT2D eigenvalue weighted by molar-refractivity contribution is 0.0970. The van der Waals surface area contributed by atoms with Crippen LogP contribution < -0.4 is 5.56 Å². The zero-order valence-electron chi connectivity index (χ0n) is 14.4. The van der Waals surface area contributed by atoms with E-state index in [1.54, 1.807) is 12.3 Å². The highest BCUT2D eigenvalue weighted by Crippen LogP contribution is 2.19. The number of carbonyl (C=O) groups excluding carboxylic acids is 1. The van der Waals surface area contributed by atoms with Gasteiger partial charge in [-0.1, -0.05) is 0 Å². The number of Topliss-reactive ketones (excluding diaryl/α,β-unsaturated/α-hetero) is 1. The van der Waals surface area contributed by atoms with E-state index in [1.165, 1.54) is 22.2 Å². The molecular formula is C19H17N3O3S. The lowest BCUT2D eigenvalue weighted by Crippen LogP contribution is -2.24. The topological polar surface area (TPSA) is 70.0 Å². The summed E-state index contributed by atoms with van der Waals surface area (Å²) in [7, 11) is 0. The van der Waals surface area contributed by atoms with Crippen LogP contribution in [0, 0.1) is 13.8 Å². The molecule has 0 atom stereocenters. The highest BCUT2D eigenvalue weighted by molar-refractivity contribution is 7.16. The minimum Gasteiger partial charge on any atom is -0.467 e. The first-order valence-corrected chi connectivity index (χ1v) is 9.07. The van der Waals surface area contributed by atoms with Gasteiger partial charge in [-0.2, -0.15) is 0 Å². The van der Waals surface area contributed by atoms with Crippen LogP contribution in [0.1, 0.15) is 27.5 Å². The van der Waals surface area contributed by atoms with Gasteiger partial charge in [-0.05, 0) is 43.5 Å². The third-order valence-corrected chi connectivity index (χ3v) is 5.35. The van der Waals surface area contributed by atoms with E-state index in [-0.39, 0.29) is 17.9 Å². The summed E-state index contributed by atoms with van der Waals surface area (Å²) in [5.41, 5.74) is 2.27. The Morgan fingerprint density at radius 3 is 2.92 bits per heavy atom. The van der Waals surface area contributed by atoms with E-state index in [9.17, 15) is 9.59 Å². The molecule has 4 rings (SSSR count). The van der Waals surface area contributed by atoms with E-state index in [0.717, 1.165) is 17.1 Å². The SMILES string of the molecule is Cc1cc(C(=O)Cn2cnc3sccc3c2=O)c(C)n1Cc1ccco1. The first kappa shape index (κ1) is 16.5. The summed E-state index contributed by atoms with van der Waals surface area (Å²) in [6.07, 6.45) is 3.08. The Labute approximate surface area is 153 Å². The van der Waals surface area contributed by atoms with Gasteiger partial charge >= 0.3 is 0 Å². The van der Waals surface area contributed by atoms with Gasteiger partial charge in [-0.15, -0.1) is 11.3 Å². The average Bonchev–Trinajstić information content (AvgIpc) is 3.35. The summed E-state index contributed by atoms with van der Waals surface area (Å²) in [6, 6.07) is 7.35. The fourth-order valence-electron chi connectivity index (χ4n) is 3.13. The number of carbonyl (C=O) groups is 1. The number of aromatic nitrogens is 3. The van der Waals surface area contributed by atoms with Gasteiger partial charge in [0, 0.05) is 17.0 Å². The predicted octanol–water partition coefficient (Wildman–Crippen LogP) is 3.40. The van der Waals surface area contributed by atoms with E-state index in [2.05, 4.69) is 4.98 Å². The van der Waals surface area contributed by atoms with Crippen LogP contribution in [-0.4, -0.2) is 19.9 Å². The van der Waals surface area contributed by atoms with Gasteiger partial charge in [0.2, 0.25) is 0 Å². The number of rotatable bonds is 5. The number of nitrogens with zero attached hydrogens (tertiary/aromatic N) is 3. The van der Waals surface area contributed by atoms with Gasteiger partial charge in [0.15, 0.2) is 5.78 Å². The van der Waals surface area contributed by atoms with Crippen LogP contribution in [-0.2, 0) is 13.1 Å². The molecular weight excluding hydrogens is 350 g/mol. The van der Waals surface area contributed by atoms with Crippen molar-refractivity contribution in [2.75, 3.05) is 0 Å². The van der Waals surface area contributed by atoms with Crippen molar-refractivity contribution in [3.8, 4) is 0 Å². The van der Waals surface area contributed by atoms with Crippen LogP contribution >= 0.6 is 11.3 Å². The average molecular weight is 367 g/mol. The van der Waals surface area contributed by atoms with E-state index in [0.29, 0.717) is 22.3 Å². The van der Waals surface area contributed by atoms with Crippen LogP contribution in [0.4, 0.5) is 0 Å². The Kier molecular flexibility index (Phi) is 4.08. The van der Waals surface area contributed by atoms with Crippen molar-refractivity contribution >= 4 is 27.3 Å². The molecule has 0 saturated heterocycles. The lowest BCUT2D eigenvalue weighted by Gasteiger charge is -2.08. The zero-order chi connectivity index (χ0) is 18.3. The van der Waals surface area contributed by atoms with Crippen molar-refractivity contribution in [2.45, 2.75) is 26.9 Å². The minimum atomic E-state index is -0.186. The summed E-state index contributed by atoms with van der Waals surface area (Å²) < 4.78 is 8.81. The largest absolute Gasteiger partial charge is 0.467 e. The second kappa shape index (κ2) is 6.42. The Balaban J connectivity index is 1.64. The molecule has 0 amide bonds. The standard InChI is InChI=1S/C19H17N3O3S/c1-12-8-16(13(2)22(12)9-14-4-3-6-25-14)17(23)10-21-11-20-18-15(19(21)24)5-7-26-18/h3-8,11H,9-10H2,1-2H3. The minimum absolute atomic E-state index is 0.0251. The van der Waals surface area contributed by atoms with Crippen LogP contribution in [0.15, 0.2) is 51.4 Å². The maximum atomic E-state index is 12.8. The van der Waals surface area contributed by atoms with Crippen LogP contribution in [0.3, 0.4) is 0 Å². The normalized spacial score (nSPS) is 11.3. The number of hydrogen-bond acceptors (Lipinski definition) is 5. The number of hydrogen-bond donors (Lipinski definition) is 0. The maximum absolute atomic E-state index is 12.8. The van der Waals surface area contributed by atoms with Crippen molar-refractivity contribution in [1.29, 1.82) is 0 Å². The molecule has 0 aliphatic carbocycles. The molecule has 0 bridgehead atoms. The molecule has 0 saturated carbocycles. The third-order valence-electron chi connectivity index (χ3n) is 4.53. The van der Waals surface area contributed by atoms with Crippen molar-refractivity contribution in [3.63, 3.8) is 0 Å². The van der Waals surface area contributed by atoms with Gasteiger partial charge in [-0.25, -0.2) is 4.98 Å². The first-order chi connectivity index (χ1) is 12.5. The van der Waals surface area contributed by atoms with Crippen molar-refractivity contribution in [1.82, 2.24) is 14.1 Å².